The molecule has 84 valence electrons. The average molecular weight is 215 g/mol. The van der Waals surface area contributed by atoms with Crippen molar-refractivity contribution in [2.24, 2.45) is 5.73 Å². The molecule has 1 aromatic carbocycles. The zero-order valence-electron chi connectivity index (χ0n) is 9.53. The second kappa shape index (κ2) is 3.34. The van der Waals surface area contributed by atoms with Gasteiger partial charge in [0.05, 0.1) is 0 Å². The second-order valence-corrected chi connectivity index (χ2v) is 4.90. The van der Waals surface area contributed by atoms with E-state index in [0.29, 0.717) is 0 Å². The summed E-state index contributed by atoms with van der Waals surface area (Å²) in [5.41, 5.74) is 8.72. The van der Waals surface area contributed by atoms with Gasteiger partial charge in [-0.25, -0.2) is 0 Å². The van der Waals surface area contributed by atoms with Crippen LogP contribution >= 0.6 is 0 Å². The lowest BCUT2D eigenvalue weighted by Gasteiger charge is -2.48. The van der Waals surface area contributed by atoms with E-state index in [9.17, 15) is 0 Å². The van der Waals surface area contributed by atoms with E-state index < -0.39 is 0 Å². The molecule has 0 amide bonds. The summed E-state index contributed by atoms with van der Waals surface area (Å²) in [6, 6.07) is 8.44. The topological polar surface area (TPSA) is 45.0 Å². The SMILES string of the molecule is CN1CC(CN)(c2c[nH]c3ccccc23)C1. The van der Waals surface area contributed by atoms with Gasteiger partial charge in [-0.1, -0.05) is 18.2 Å². The number of hydrogen-bond acceptors (Lipinski definition) is 2. The smallest absolute Gasteiger partial charge is 0.0457 e. The quantitative estimate of drug-likeness (QED) is 0.793. The first kappa shape index (κ1) is 9.87. The molecule has 1 fully saturated rings. The van der Waals surface area contributed by atoms with Crippen LogP contribution in [-0.4, -0.2) is 36.6 Å². The minimum atomic E-state index is 0.161. The lowest BCUT2D eigenvalue weighted by Crippen LogP contribution is -2.61. The van der Waals surface area contributed by atoms with Gasteiger partial charge < -0.3 is 15.6 Å². The van der Waals surface area contributed by atoms with Gasteiger partial charge in [0.1, 0.15) is 0 Å². The number of benzene rings is 1. The van der Waals surface area contributed by atoms with Crippen LogP contribution in [0, 0.1) is 0 Å². The van der Waals surface area contributed by atoms with E-state index in [0.717, 1.165) is 19.6 Å². The summed E-state index contributed by atoms with van der Waals surface area (Å²) in [6.45, 7) is 2.84. The highest BCUT2D eigenvalue weighted by Crippen LogP contribution is 2.36. The van der Waals surface area contributed by atoms with Gasteiger partial charge in [-0.05, 0) is 18.7 Å². The van der Waals surface area contributed by atoms with Gasteiger partial charge in [-0.3, -0.25) is 0 Å². The Morgan fingerprint density at radius 3 is 2.81 bits per heavy atom. The van der Waals surface area contributed by atoms with Crippen LogP contribution in [0.2, 0.25) is 0 Å². The van der Waals surface area contributed by atoms with Crippen LogP contribution in [0.25, 0.3) is 10.9 Å². The minimum Gasteiger partial charge on any atom is -0.361 e. The summed E-state index contributed by atoms with van der Waals surface area (Å²) in [6.07, 6.45) is 2.13. The molecule has 1 saturated heterocycles. The van der Waals surface area contributed by atoms with E-state index in [4.69, 9.17) is 5.73 Å². The van der Waals surface area contributed by atoms with E-state index in [1.807, 2.05) is 0 Å². The molecule has 0 spiro atoms. The maximum Gasteiger partial charge on any atom is 0.0457 e. The minimum absolute atomic E-state index is 0.161. The van der Waals surface area contributed by atoms with Gasteiger partial charge in [0, 0.05) is 42.1 Å². The number of fused-ring (bicyclic) bond motifs is 1. The van der Waals surface area contributed by atoms with E-state index in [2.05, 4.69) is 47.4 Å². The molecule has 3 nitrogen and oxygen atoms in total. The van der Waals surface area contributed by atoms with Crippen molar-refractivity contribution in [2.45, 2.75) is 5.41 Å². The molecule has 0 radical (unpaired) electrons. The summed E-state index contributed by atoms with van der Waals surface area (Å²) < 4.78 is 0. The first-order valence-corrected chi connectivity index (χ1v) is 5.70. The molecule has 1 aliphatic heterocycles. The molecule has 2 heterocycles. The number of nitrogens with one attached hydrogen (secondary N) is 1. The number of aromatic amines is 1. The van der Waals surface area contributed by atoms with E-state index in [1.165, 1.54) is 16.5 Å². The van der Waals surface area contributed by atoms with Gasteiger partial charge in [0.2, 0.25) is 0 Å². The van der Waals surface area contributed by atoms with Crippen LogP contribution in [0.5, 0.6) is 0 Å². The van der Waals surface area contributed by atoms with Crippen molar-refractivity contribution >= 4 is 10.9 Å². The van der Waals surface area contributed by atoms with Gasteiger partial charge >= 0.3 is 0 Å². The third-order valence-corrected chi connectivity index (χ3v) is 3.70. The number of para-hydroxylation sites is 1. The number of rotatable bonds is 2. The van der Waals surface area contributed by atoms with Crippen molar-refractivity contribution in [3.8, 4) is 0 Å². The van der Waals surface area contributed by atoms with Crippen molar-refractivity contribution in [2.75, 3.05) is 26.7 Å². The zero-order valence-corrected chi connectivity index (χ0v) is 9.53. The van der Waals surface area contributed by atoms with Gasteiger partial charge in [0.25, 0.3) is 0 Å². The fourth-order valence-electron chi connectivity index (χ4n) is 2.91. The standard InChI is InChI=1S/C13H17N3/c1-16-8-13(7-14,9-16)11-6-15-12-5-3-2-4-10(11)12/h2-6,15H,7-9,14H2,1H3. The Bertz CT molecular complexity index is 509. The molecule has 1 aliphatic rings. The molecule has 2 aromatic rings. The van der Waals surface area contributed by atoms with Crippen molar-refractivity contribution in [3.63, 3.8) is 0 Å². The number of likely N-dealkylation sites (tertiary alicyclic amines) is 1. The fourth-order valence-corrected chi connectivity index (χ4v) is 2.91. The molecule has 0 saturated carbocycles. The van der Waals surface area contributed by atoms with E-state index >= 15 is 0 Å². The Morgan fingerprint density at radius 2 is 2.12 bits per heavy atom. The van der Waals surface area contributed by atoms with Crippen molar-refractivity contribution in [1.82, 2.24) is 9.88 Å². The summed E-state index contributed by atoms with van der Waals surface area (Å²) in [5, 5.41) is 1.32. The van der Waals surface area contributed by atoms with Crippen LogP contribution in [0.4, 0.5) is 0 Å². The van der Waals surface area contributed by atoms with E-state index in [-0.39, 0.29) is 5.41 Å². The molecule has 3 N–H and O–H groups in total. The van der Waals surface area contributed by atoms with Crippen LogP contribution < -0.4 is 5.73 Å². The highest BCUT2D eigenvalue weighted by Gasteiger charge is 2.42. The number of aromatic nitrogens is 1. The number of hydrogen-bond donors (Lipinski definition) is 2. The lowest BCUT2D eigenvalue weighted by atomic mass is 9.74. The Hall–Kier alpha value is -1.32. The molecule has 0 atom stereocenters. The third-order valence-electron chi connectivity index (χ3n) is 3.70. The first-order chi connectivity index (χ1) is 7.75. The molecule has 0 aliphatic carbocycles. The summed E-state index contributed by atoms with van der Waals surface area (Å²) in [5.74, 6) is 0. The van der Waals surface area contributed by atoms with Crippen LogP contribution in [0.3, 0.4) is 0 Å². The van der Waals surface area contributed by atoms with Crippen molar-refractivity contribution in [3.05, 3.63) is 36.0 Å². The number of likely N-dealkylation sites (N-methyl/N-ethyl adjacent to an activating group) is 1. The van der Waals surface area contributed by atoms with E-state index in [1.54, 1.807) is 0 Å². The fraction of sp³-hybridized carbons (Fsp3) is 0.385. The lowest BCUT2D eigenvalue weighted by molar-refractivity contribution is 0.101. The summed E-state index contributed by atoms with van der Waals surface area (Å²) in [7, 11) is 2.14. The highest BCUT2D eigenvalue weighted by molar-refractivity contribution is 5.84. The maximum atomic E-state index is 5.97. The maximum absolute atomic E-state index is 5.97. The molecule has 1 aromatic heterocycles. The summed E-state index contributed by atoms with van der Waals surface area (Å²) >= 11 is 0. The Kier molecular flexibility index (Phi) is 2.06. The van der Waals surface area contributed by atoms with Gasteiger partial charge in [-0.2, -0.15) is 0 Å². The Morgan fingerprint density at radius 1 is 1.38 bits per heavy atom. The van der Waals surface area contributed by atoms with Crippen LogP contribution in [0.1, 0.15) is 5.56 Å². The molecular formula is C13H17N3. The third kappa shape index (κ3) is 1.22. The molecule has 0 bridgehead atoms. The monoisotopic (exact) mass is 215 g/mol. The van der Waals surface area contributed by atoms with Crippen LogP contribution in [-0.2, 0) is 5.41 Å². The molecular weight excluding hydrogens is 198 g/mol. The molecule has 3 heteroatoms. The average Bonchev–Trinajstić information content (AvgIpc) is 2.68. The Balaban J connectivity index is 2.12. The number of nitrogens with zero attached hydrogens (tertiary/aromatic N) is 1. The predicted octanol–water partition coefficient (Wildman–Crippen LogP) is 1.31. The molecule has 0 unspecified atom stereocenters. The normalized spacial score (nSPS) is 19.9. The Labute approximate surface area is 95.2 Å². The second-order valence-electron chi connectivity index (χ2n) is 4.90. The summed E-state index contributed by atoms with van der Waals surface area (Å²) in [4.78, 5) is 5.65. The largest absolute Gasteiger partial charge is 0.361 e. The molecule has 16 heavy (non-hydrogen) atoms. The number of H-pyrrole nitrogens is 1. The first-order valence-electron chi connectivity index (χ1n) is 5.70. The van der Waals surface area contributed by atoms with Crippen molar-refractivity contribution in [1.29, 1.82) is 0 Å². The van der Waals surface area contributed by atoms with Gasteiger partial charge in [-0.15, -0.1) is 0 Å². The van der Waals surface area contributed by atoms with Crippen LogP contribution in [0.15, 0.2) is 30.5 Å². The highest BCUT2D eigenvalue weighted by atomic mass is 15.2. The predicted molar refractivity (Wildman–Crippen MR) is 66.5 cm³/mol. The molecule has 3 rings (SSSR count). The number of nitrogens with two attached hydrogens (primary N) is 1. The van der Waals surface area contributed by atoms with Gasteiger partial charge in [0.15, 0.2) is 0 Å². The zero-order chi connectivity index (χ0) is 11.2. The van der Waals surface area contributed by atoms with Crippen molar-refractivity contribution < 1.29 is 0 Å².